The second kappa shape index (κ2) is 6.62. The first-order chi connectivity index (χ1) is 11.5. The maximum absolute atomic E-state index is 12.4. The average molecular weight is 377 g/mol. The zero-order chi connectivity index (χ0) is 19.0. The fourth-order valence-corrected chi connectivity index (χ4v) is 5.02. The lowest BCUT2D eigenvalue weighted by Gasteiger charge is -2.36. The fourth-order valence-electron chi connectivity index (χ4n) is 2.90. The Balaban J connectivity index is 1.89. The Morgan fingerprint density at radius 1 is 1.24 bits per heavy atom. The first-order valence-corrected chi connectivity index (χ1v) is 9.13. The number of rotatable bonds is 7. The Bertz CT molecular complexity index is 712. The van der Waals surface area contributed by atoms with E-state index in [0.717, 1.165) is 4.90 Å². The summed E-state index contributed by atoms with van der Waals surface area (Å²) in [5, 5.41) is 7.44. The highest BCUT2D eigenvalue weighted by Gasteiger charge is 2.68. The standard InChI is InChI=1S/C14H19NO9S/c1-14(2)12(15-8(16)6-9(15)25(14,21)22)13(20)24-7-23-11(19)5-3-4-10(17)18/h9,12H,3-7H2,1-2H3,(H,17,18)/t9-,12+/m1/s1. The van der Waals surface area contributed by atoms with Crippen LogP contribution in [0.5, 0.6) is 0 Å². The van der Waals surface area contributed by atoms with Crippen LogP contribution in [0, 0.1) is 0 Å². The van der Waals surface area contributed by atoms with E-state index >= 15 is 0 Å². The molecule has 0 aromatic carbocycles. The molecule has 2 aliphatic rings. The number of β-lactam (4-membered cyclic amide) rings is 1. The molecule has 2 heterocycles. The number of carboxylic acid groups (broad SMARTS) is 1. The van der Waals surface area contributed by atoms with E-state index in [4.69, 9.17) is 9.84 Å². The number of carbonyl (C=O) groups excluding carboxylic acids is 3. The molecule has 2 rings (SSSR count). The molecule has 0 spiro atoms. The summed E-state index contributed by atoms with van der Waals surface area (Å²) in [5.74, 6) is -3.21. The van der Waals surface area contributed by atoms with Gasteiger partial charge in [0.15, 0.2) is 9.84 Å². The molecule has 2 fully saturated rings. The molecule has 0 aliphatic carbocycles. The van der Waals surface area contributed by atoms with Crippen LogP contribution in [0.25, 0.3) is 0 Å². The third-order valence-corrected chi connectivity index (χ3v) is 7.19. The molecule has 140 valence electrons. The number of carbonyl (C=O) groups is 4. The van der Waals surface area contributed by atoms with E-state index in [1.54, 1.807) is 0 Å². The van der Waals surface area contributed by atoms with Crippen molar-refractivity contribution in [3.05, 3.63) is 0 Å². The number of aliphatic carboxylic acids is 1. The highest BCUT2D eigenvalue weighted by atomic mass is 32.2. The monoisotopic (exact) mass is 377 g/mol. The van der Waals surface area contributed by atoms with Gasteiger partial charge in [-0.25, -0.2) is 13.2 Å². The van der Waals surface area contributed by atoms with Gasteiger partial charge in [0.1, 0.15) is 11.4 Å². The van der Waals surface area contributed by atoms with Crippen LogP contribution in [-0.2, 0) is 38.5 Å². The molecule has 0 aromatic rings. The van der Waals surface area contributed by atoms with Crippen LogP contribution in [0.4, 0.5) is 0 Å². The Kier molecular flexibility index (Phi) is 5.07. The number of sulfone groups is 1. The second-order valence-electron chi connectivity index (χ2n) is 6.36. The van der Waals surface area contributed by atoms with Gasteiger partial charge in [-0.1, -0.05) is 0 Å². The minimum absolute atomic E-state index is 0.0833. The molecule has 2 atom stereocenters. The summed E-state index contributed by atoms with van der Waals surface area (Å²) in [6.45, 7) is 1.96. The minimum Gasteiger partial charge on any atom is -0.481 e. The van der Waals surface area contributed by atoms with E-state index in [9.17, 15) is 27.6 Å². The summed E-state index contributed by atoms with van der Waals surface area (Å²) in [7, 11) is -3.71. The highest BCUT2D eigenvalue weighted by molar-refractivity contribution is 7.93. The van der Waals surface area contributed by atoms with Crippen molar-refractivity contribution in [2.24, 2.45) is 0 Å². The molecule has 2 aliphatic heterocycles. The lowest BCUT2D eigenvalue weighted by Crippen LogP contribution is -2.57. The molecular formula is C14H19NO9S. The van der Waals surface area contributed by atoms with E-state index in [1.807, 2.05) is 0 Å². The van der Waals surface area contributed by atoms with Crippen LogP contribution in [-0.4, -0.2) is 65.2 Å². The van der Waals surface area contributed by atoms with Crippen molar-refractivity contribution < 1.29 is 42.2 Å². The van der Waals surface area contributed by atoms with Gasteiger partial charge in [0.25, 0.3) is 0 Å². The van der Waals surface area contributed by atoms with Crippen LogP contribution in [0.2, 0.25) is 0 Å². The maximum atomic E-state index is 12.4. The van der Waals surface area contributed by atoms with Crippen molar-refractivity contribution >= 4 is 33.7 Å². The van der Waals surface area contributed by atoms with Crippen molar-refractivity contribution in [2.75, 3.05) is 6.79 Å². The second-order valence-corrected chi connectivity index (χ2v) is 9.04. The van der Waals surface area contributed by atoms with Gasteiger partial charge in [0.05, 0.1) is 11.2 Å². The average Bonchev–Trinajstić information content (AvgIpc) is 2.60. The van der Waals surface area contributed by atoms with Crippen LogP contribution < -0.4 is 0 Å². The predicted octanol–water partition coefficient (Wildman–Crippen LogP) is -0.581. The molecule has 1 N–H and O–H groups in total. The third-order valence-electron chi connectivity index (χ3n) is 4.39. The molecule has 0 saturated carbocycles. The van der Waals surface area contributed by atoms with E-state index in [-0.39, 0.29) is 25.7 Å². The number of carboxylic acids is 1. The number of fused-ring (bicyclic) bond motifs is 1. The molecule has 0 radical (unpaired) electrons. The number of hydrogen-bond acceptors (Lipinski definition) is 8. The Hall–Kier alpha value is -2.17. The van der Waals surface area contributed by atoms with Gasteiger partial charge in [-0.05, 0) is 20.3 Å². The van der Waals surface area contributed by atoms with E-state index in [1.165, 1.54) is 13.8 Å². The maximum Gasteiger partial charge on any atom is 0.333 e. The number of ether oxygens (including phenoxy) is 2. The van der Waals surface area contributed by atoms with Gasteiger partial charge in [-0.3, -0.25) is 14.4 Å². The van der Waals surface area contributed by atoms with Crippen LogP contribution in [0.15, 0.2) is 0 Å². The largest absolute Gasteiger partial charge is 0.481 e. The van der Waals surface area contributed by atoms with Crippen molar-refractivity contribution in [1.29, 1.82) is 0 Å². The zero-order valence-electron chi connectivity index (χ0n) is 13.8. The molecule has 1 amide bonds. The Labute approximate surface area is 144 Å². The number of nitrogens with zero attached hydrogens (tertiary/aromatic N) is 1. The first kappa shape index (κ1) is 19.2. The Morgan fingerprint density at radius 3 is 2.44 bits per heavy atom. The Morgan fingerprint density at radius 2 is 1.88 bits per heavy atom. The van der Waals surface area contributed by atoms with E-state index in [0.29, 0.717) is 0 Å². The summed E-state index contributed by atoms with van der Waals surface area (Å²) in [4.78, 5) is 46.6. The normalized spacial score (nSPS) is 25.7. The number of hydrogen-bond donors (Lipinski definition) is 1. The molecule has 0 bridgehead atoms. The van der Waals surface area contributed by atoms with Crippen molar-refractivity contribution in [3.8, 4) is 0 Å². The minimum atomic E-state index is -3.71. The van der Waals surface area contributed by atoms with Gasteiger partial charge in [-0.2, -0.15) is 0 Å². The van der Waals surface area contributed by atoms with Gasteiger partial charge < -0.3 is 19.5 Å². The fraction of sp³-hybridized carbons (Fsp3) is 0.714. The van der Waals surface area contributed by atoms with E-state index < -0.39 is 56.6 Å². The summed E-state index contributed by atoms with van der Waals surface area (Å²) < 4.78 is 32.7. The van der Waals surface area contributed by atoms with Crippen molar-refractivity contribution in [2.45, 2.75) is 55.7 Å². The summed E-state index contributed by atoms with van der Waals surface area (Å²) in [6.07, 6.45) is -0.421. The summed E-state index contributed by atoms with van der Waals surface area (Å²) >= 11 is 0. The number of esters is 2. The summed E-state index contributed by atoms with van der Waals surface area (Å²) in [5.41, 5.74) is 0. The van der Waals surface area contributed by atoms with E-state index in [2.05, 4.69) is 4.74 Å². The molecule has 25 heavy (non-hydrogen) atoms. The van der Waals surface area contributed by atoms with Gasteiger partial charge in [-0.15, -0.1) is 0 Å². The smallest absolute Gasteiger partial charge is 0.333 e. The van der Waals surface area contributed by atoms with Crippen LogP contribution in [0.3, 0.4) is 0 Å². The van der Waals surface area contributed by atoms with Gasteiger partial charge in [0.2, 0.25) is 12.7 Å². The molecule has 10 nitrogen and oxygen atoms in total. The highest BCUT2D eigenvalue weighted by Crippen LogP contribution is 2.45. The third kappa shape index (κ3) is 3.32. The van der Waals surface area contributed by atoms with Crippen LogP contribution >= 0.6 is 0 Å². The summed E-state index contributed by atoms with van der Waals surface area (Å²) in [6, 6.07) is -1.30. The first-order valence-electron chi connectivity index (χ1n) is 7.59. The molecule has 11 heteroatoms. The molecule has 0 unspecified atom stereocenters. The quantitative estimate of drug-likeness (QED) is 0.350. The van der Waals surface area contributed by atoms with Crippen LogP contribution in [0.1, 0.15) is 39.5 Å². The molecule has 2 saturated heterocycles. The lowest BCUT2D eigenvalue weighted by atomic mass is 9.98. The van der Waals surface area contributed by atoms with Gasteiger partial charge >= 0.3 is 17.9 Å². The van der Waals surface area contributed by atoms with Crippen molar-refractivity contribution in [3.63, 3.8) is 0 Å². The SMILES string of the molecule is CC1(C)[C@H](C(=O)OCOC(=O)CCCC(=O)O)N2C(=O)C[C@H]2S1(=O)=O. The predicted molar refractivity (Wildman–Crippen MR) is 80.6 cm³/mol. The molecule has 0 aromatic heterocycles. The van der Waals surface area contributed by atoms with Crippen molar-refractivity contribution in [1.82, 2.24) is 4.90 Å². The lowest BCUT2D eigenvalue weighted by molar-refractivity contribution is -0.175. The van der Waals surface area contributed by atoms with Gasteiger partial charge in [0, 0.05) is 12.8 Å². The zero-order valence-corrected chi connectivity index (χ0v) is 14.6. The molecular weight excluding hydrogens is 358 g/mol. The topological polar surface area (TPSA) is 144 Å². The number of amides is 1.